The number of nitrogens with two attached hydrogens (primary N) is 1. The summed E-state index contributed by atoms with van der Waals surface area (Å²) in [5.41, 5.74) is 9.38. The third kappa shape index (κ3) is 5.51. The van der Waals surface area contributed by atoms with Crippen LogP contribution in [0, 0.1) is 0 Å². The van der Waals surface area contributed by atoms with Crippen LogP contribution in [0.15, 0.2) is 70.5 Å². The third-order valence-electron chi connectivity index (χ3n) is 5.09. The van der Waals surface area contributed by atoms with E-state index in [0.717, 1.165) is 6.07 Å². The summed E-state index contributed by atoms with van der Waals surface area (Å²) < 4.78 is 37.4. The molecule has 0 bridgehead atoms. The molecule has 3 aromatic rings. The van der Waals surface area contributed by atoms with Crippen LogP contribution >= 0.6 is 0 Å². The lowest BCUT2D eigenvalue weighted by Crippen LogP contribution is -2.27. The van der Waals surface area contributed by atoms with E-state index in [1.54, 1.807) is 30.3 Å². The minimum atomic E-state index is -4.29. The van der Waals surface area contributed by atoms with Gasteiger partial charge in [0.2, 0.25) is 9.84 Å². The summed E-state index contributed by atoms with van der Waals surface area (Å²) in [5.74, 6) is -1.79. The average Bonchev–Trinajstić information content (AvgIpc) is 2.88. The Morgan fingerprint density at radius 2 is 1.66 bits per heavy atom. The summed E-state index contributed by atoms with van der Waals surface area (Å²) in [5, 5.41) is 18.2. The number of ether oxygens (including phenoxy) is 2. The van der Waals surface area contributed by atoms with Gasteiger partial charge in [0.05, 0.1) is 28.2 Å². The highest BCUT2D eigenvalue weighted by Gasteiger charge is 2.29. The van der Waals surface area contributed by atoms with E-state index in [1.807, 2.05) is 0 Å². The first-order valence-electron chi connectivity index (χ1n) is 10.1. The molecule has 184 valence electrons. The molecule has 0 aliphatic carbocycles. The third-order valence-corrected chi connectivity index (χ3v) is 6.90. The van der Waals surface area contributed by atoms with Gasteiger partial charge in [0.1, 0.15) is 11.5 Å². The lowest BCUT2D eigenvalue weighted by Gasteiger charge is -2.20. The molecule has 6 N–H and O–H groups in total. The summed E-state index contributed by atoms with van der Waals surface area (Å²) in [7, 11) is -2.86. The molecule has 0 radical (unpaired) electrons. The largest absolute Gasteiger partial charge is 0.497 e. The van der Waals surface area contributed by atoms with E-state index in [4.69, 9.17) is 20.4 Å². The molecule has 0 atom stereocenters. The number of methoxy groups -OCH3 is 1. The fourth-order valence-electron chi connectivity index (χ4n) is 3.37. The van der Waals surface area contributed by atoms with Gasteiger partial charge in [-0.2, -0.15) is 0 Å². The van der Waals surface area contributed by atoms with E-state index in [2.05, 4.69) is 0 Å². The fraction of sp³-hybridized carbons (Fsp3) is 0.130. The van der Waals surface area contributed by atoms with E-state index in [0.29, 0.717) is 11.3 Å². The Balaban J connectivity index is 2.26. The average molecular weight is 502 g/mol. The normalized spacial score (nSPS) is 10.9. The SMILES string of the molecule is COc1ccc(S(=O)(=O)c2cc(C(=O)NO)c(Cc3ccccc3)c(OCC(=O)NO)c2N)cc1. The molecule has 0 aliphatic heterocycles. The van der Waals surface area contributed by atoms with Crippen LogP contribution in [-0.2, 0) is 21.1 Å². The Labute approximate surface area is 200 Å². The van der Waals surface area contributed by atoms with Crippen LogP contribution in [0.5, 0.6) is 11.5 Å². The number of rotatable bonds is 9. The van der Waals surface area contributed by atoms with Gasteiger partial charge in [0.15, 0.2) is 6.61 Å². The lowest BCUT2D eigenvalue weighted by atomic mass is 9.97. The van der Waals surface area contributed by atoms with Crippen molar-refractivity contribution in [2.24, 2.45) is 0 Å². The number of benzene rings is 3. The minimum Gasteiger partial charge on any atom is -0.497 e. The summed E-state index contributed by atoms with van der Waals surface area (Å²) in [6.07, 6.45) is 0.0483. The van der Waals surface area contributed by atoms with Crippen molar-refractivity contribution >= 4 is 27.3 Å². The van der Waals surface area contributed by atoms with Crippen LogP contribution in [0.25, 0.3) is 0 Å². The van der Waals surface area contributed by atoms with Crippen LogP contribution in [-0.4, -0.2) is 44.4 Å². The van der Waals surface area contributed by atoms with Gasteiger partial charge in [-0.25, -0.2) is 19.4 Å². The van der Waals surface area contributed by atoms with Crippen LogP contribution in [0.4, 0.5) is 5.69 Å². The van der Waals surface area contributed by atoms with Gasteiger partial charge in [0.25, 0.3) is 11.8 Å². The Morgan fingerprint density at radius 3 is 2.23 bits per heavy atom. The lowest BCUT2D eigenvalue weighted by molar-refractivity contribution is -0.131. The van der Waals surface area contributed by atoms with Gasteiger partial charge in [-0.3, -0.25) is 20.0 Å². The van der Waals surface area contributed by atoms with Crippen molar-refractivity contribution < 1.29 is 37.9 Å². The van der Waals surface area contributed by atoms with Crippen molar-refractivity contribution in [3.8, 4) is 11.5 Å². The van der Waals surface area contributed by atoms with E-state index >= 15 is 0 Å². The second kappa shape index (κ2) is 10.9. The first-order valence-corrected chi connectivity index (χ1v) is 11.6. The number of carbonyl (C=O) groups excluding carboxylic acids is 2. The van der Waals surface area contributed by atoms with E-state index in [9.17, 15) is 23.2 Å². The molecule has 0 heterocycles. The highest BCUT2D eigenvalue weighted by Crippen LogP contribution is 2.39. The smallest absolute Gasteiger partial charge is 0.281 e. The zero-order chi connectivity index (χ0) is 25.6. The molecule has 11 nitrogen and oxygen atoms in total. The molecule has 0 fully saturated rings. The minimum absolute atomic E-state index is 0.0483. The van der Waals surface area contributed by atoms with E-state index in [1.165, 1.54) is 42.3 Å². The molecule has 0 saturated carbocycles. The highest BCUT2D eigenvalue weighted by molar-refractivity contribution is 7.91. The number of hydrogen-bond donors (Lipinski definition) is 5. The Morgan fingerprint density at radius 1 is 1.00 bits per heavy atom. The molecule has 0 aliphatic rings. The second-order valence-corrected chi connectivity index (χ2v) is 9.17. The molecular weight excluding hydrogens is 478 g/mol. The summed E-state index contributed by atoms with van der Waals surface area (Å²) >= 11 is 0. The topological polar surface area (TPSA) is 177 Å². The van der Waals surface area contributed by atoms with Gasteiger partial charge in [-0.15, -0.1) is 0 Å². The molecule has 3 rings (SSSR count). The number of hydroxylamine groups is 2. The van der Waals surface area contributed by atoms with Crippen LogP contribution < -0.4 is 26.2 Å². The van der Waals surface area contributed by atoms with Gasteiger partial charge >= 0.3 is 0 Å². The maximum absolute atomic E-state index is 13.4. The van der Waals surface area contributed by atoms with Gasteiger partial charge < -0.3 is 15.2 Å². The van der Waals surface area contributed by atoms with E-state index in [-0.39, 0.29) is 33.9 Å². The molecule has 0 aromatic heterocycles. The molecule has 0 spiro atoms. The molecule has 2 amide bonds. The van der Waals surface area contributed by atoms with Gasteiger partial charge in [-0.1, -0.05) is 30.3 Å². The maximum atomic E-state index is 13.4. The van der Waals surface area contributed by atoms with Crippen molar-refractivity contribution in [2.45, 2.75) is 16.2 Å². The van der Waals surface area contributed by atoms with Gasteiger partial charge in [0, 0.05) is 12.0 Å². The molecule has 35 heavy (non-hydrogen) atoms. The monoisotopic (exact) mass is 501 g/mol. The Bertz CT molecular complexity index is 1330. The predicted molar refractivity (Wildman–Crippen MR) is 123 cm³/mol. The van der Waals surface area contributed by atoms with Crippen LogP contribution in [0.2, 0.25) is 0 Å². The number of sulfone groups is 1. The van der Waals surface area contributed by atoms with Crippen LogP contribution in [0.3, 0.4) is 0 Å². The molecule has 0 saturated heterocycles. The van der Waals surface area contributed by atoms with Crippen molar-refractivity contribution in [3.05, 3.63) is 77.4 Å². The number of carbonyl (C=O) groups is 2. The number of hydrogen-bond acceptors (Lipinski definition) is 9. The summed E-state index contributed by atoms with van der Waals surface area (Å²) in [4.78, 5) is 23.6. The first kappa shape index (κ1) is 25.5. The Kier molecular flexibility index (Phi) is 7.91. The highest BCUT2D eigenvalue weighted by atomic mass is 32.2. The van der Waals surface area contributed by atoms with Gasteiger partial charge in [-0.05, 0) is 35.9 Å². The fourth-order valence-corrected chi connectivity index (χ4v) is 4.77. The predicted octanol–water partition coefficient (Wildman–Crippen LogP) is 1.70. The molecular formula is C23H23N3O8S. The zero-order valence-corrected chi connectivity index (χ0v) is 19.3. The number of nitrogens with one attached hydrogen (secondary N) is 2. The summed E-state index contributed by atoms with van der Waals surface area (Å²) in [6.45, 7) is -0.727. The zero-order valence-electron chi connectivity index (χ0n) is 18.5. The standard InChI is InChI=1S/C23H23N3O8S/c1-33-15-7-9-16(10-8-15)35(31,32)19-12-18(23(28)26-30)17(11-14-5-3-2-4-6-14)22(21(19)24)34-13-20(27)25-29/h2-10,12,29-30H,11,13,24H2,1H3,(H,25,27)(H,26,28). The number of anilines is 1. The van der Waals surface area contributed by atoms with Crippen LogP contribution in [0.1, 0.15) is 21.5 Å². The van der Waals surface area contributed by atoms with Crippen molar-refractivity contribution in [3.63, 3.8) is 0 Å². The molecule has 0 unspecified atom stereocenters. The Hall–Kier alpha value is -4.13. The van der Waals surface area contributed by atoms with Crippen molar-refractivity contribution in [1.29, 1.82) is 0 Å². The quantitative estimate of drug-likeness (QED) is 0.166. The number of amides is 2. The van der Waals surface area contributed by atoms with Crippen molar-refractivity contribution in [1.82, 2.24) is 11.0 Å². The maximum Gasteiger partial charge on any atom is 0.281 e. The van der Waals surface area contributed by atoms with E-state index < -0.39 is 33.2 Å². The molecule has 3 aromatic carbocycles. The molecule has 12 heteroatoms. The summed E-state index contributed by atoms with van der Waals surface area (Å²) in [6, 6.07) is 15.3. The number of nitrogen functional groups attached to an aromatic ring is 1. The first-order chi connectivity index (χ1) is 16.7. The second-order valence-electron chi connectivity index (χ2n) is 7.25. The van der Waals surface area contributed by atoms with Crippen molar-refractivity contribution in [2.75, 3.05) is 19.5 Å².